The third-order valence-corrected chi connectivity index (χ3v) is 6.55. The summed E-state index contributed by atoms with van der Waals surface area (Å²) in [6, 6.07) is 17.3. The Balaban J connectivity index is 1.61. The van der Waals surface area contributed by atoms with Crippen LogP contribution in [-0.4, -0.2) is 42.1 Å². The van der Waals surface area contributed by atoms with Gasteiger partial charge < -0.3 is 10.2 Å². The molecule has 0 aliphatic rings. The molecule has 8 nitrogen and oxygen atoms in total. The summed E-state index contributed by atoms with van der Waals surface area (Å²) in [5, 5.41) is 22.6. The molecule has 166 valence electrons. The average Bonchev–Trinajstić information content (AvgIpc) is 2.77. The quantitative estimate of drug-likeness (QED) is 0.289. The van der Waals surface area contributed by atoms with E-state index in [9.17, 15) is 23.4 Å². The van der Waals surface area contributed by atoms with Gasteiger partial charge >= 0.3 is 0 Å². The molecule has 3 rings (SSSR count). The molecule has 3 aromatic rings. The Labute approximate surface area is 186 Å². The van der Waals surface area contributed by atoms with Crippen molar-refractivity contribution in [3.05, 3.63) is 89.0 Å². The molecule has 0 spiro atoms. The van der Waals surface area contributed by atoms with Gasteiger partial charge in [-0.2, -0.15) is 9.41 Å². The number of nitrogens with one attached hydrogen (secondary N) is 1. The van der Waals surface area contributed by atoms with Crippen molar-refractivity contribution in [1.29, 1.82) is 0 Å². The molecule has 0 aromatic heterocycles. The van der Waals surface area contributed by atoms with Crippen LogP contribution in [0.5, 0.6) is 11.5 Å². The van der Waals surface area contributed by atoms with Crippen molar-refractivity contribution >= 4 is 22.1 Å². The van der Waals surface area contributed by atoms with Crippen molar-refractivity contribution in [2.75, 3.05) is 7.05 Å². The molecule has 0 atom stereocenters. The van der Waals surface area contributed by atoms with Crippen molar-refractivity contribution in [2.24, 2.45) is 5.10 Å². The predicted octanol–water partition coefficient (Wildman–Crippen LogP) is 2.99. The zero-order chi connectivity index (χ0) is 23.3. The fourth-order valence-corrected chi connectivity index (χ4v) is 4.00. The molecule has 0 heterocycles. The number of hydrazone groups is 1. The lowest BCUT2D eigenvalue weighted by atomic mass is 10.1. The molecule has 0 aliphatic heterocycles. The summed E-state index contributed by atoms with van der Waals surface area (Å²) in [6.45, 7) is 2.04. The minimum Gasteiger partial charge on any atom is -0.504 e. The normalized spacial score (nSPS) is 11.7. The van der Waals surface area contributed by atoms with E-state index in [1.165, 1.54) is 35.8 Å². The lowest BCUT2D eigenvalue weighted by molar-refractivity contribution is 0.0955. The lowest BCUT2D eigenvalue weighted by Crippen LogP contribution is -2.26. The summed E-state index contributed by atoms with van der Waals surface area (Å²) in [7, 11) is -2.12. The van der Waals surface area contributed by atoms with E-state index in [4.69, 9.17) is 0 Å². The maximum Gasteiger partial charge on any atom is 0.271 e. The summed E-state index contributed by atoms with van der Waals surface area (Å²) in [5.41, 5.74) is 4.92. The second-order valence-electron chi connectivity index (χ2n) is 7.22. The lowest BCUT2D eigenvalue weighted by Gasteiger charge is -2.17. The van der Waals surface area contributed by atoms with Gasteiger partial charge in [-0.25, -0.2) is 13.8 Å². The maximum absolute atomic E-state index is 12.7. The zero-order valence-corrected chi connectivity index (χ0v) is 18.4. The number of phenols is 2. The summed E-state index contributed by atoms with van der Waals surface area (Å²) in [5.74, 6) is -0.981. The number of phenolic OH excluding ortho intramolecular Hbond substituents is 2. The highest BCUT2D eigenvalue weighted by Gasteiger charge is 2.20. The molecular formula is C23H23N3O5S. The first-order valence-electron chi connectivity index (χ1n) is 9.64. The average molecular weight is 454 g/mol. The highest BCUT2D eigenvalue weighted by atomic mass is 32.2. The van der Waals surface area contributed by atoms with Crippen LogP contribution >= 0.6 is 0 Å². The third kappa shape index (κ3) is 5.51. The van der Waals surface area contributed by atoms with E-state index in [0.29, 0.717) is 11.1 Å². The zero-order valence-electron chi connectivity index (χ0n) is 17.6. The number of carbonyl (C=O) groups is 1. The Morgan fingerprint density at radius 3 is 2.28 bits per heavy atom. The number of rotatable bonds is 7. The van der Waals surface area contributed by atoms with E-state index in [1.54, 1.807) is 48.5 Å². The van der Waals surface area contributed by atoms with Crippen LogP contribution in [0.15, 0.2) is 76.7 Å². The van der Waals surface area contributed by atoms with Crippen LogP contribution in [0.4, 0.5) is 0 Å². The Kier molecular flexibility index (Phi) is 6.92. The fraction of sp³-hybridized carbons (Fsp3) is 0.130. The minimum atomic E-state index is -3.62. The largest absolute Gasteiger partial charge is 0.504 e. The van der Waals surface area contributed by atoms with Crippen LogP contribution in [0.2, 0.25) is 0 Å². The molecule has 3 aromatic carbocycles. The van der Waals surface area contributed by atoms with Gasteiger partial charge in [-0.15, -0.1) is 0 Å². The molecule has 0 unspecified atom stereocenters. The molecule has 3 N–H and O–H groups in total. The Bertz CT molecular complexity index is 1240. The maximum atomic E-state index is 12.7. The molecule has 0 saturated carbocycles. The van der Waals surface area contributed by atoms with Crippen LogP contribution in [0.1, 0.15) is 27.0 Å². The number of aromatic hydroxyl groups is 2. The number of benzene rings is 3. The molecule has 1 amide bonds. The van der Waals surface area contributed by atoms with E-state index in [-0.39, 0.29) is 22.9 Å². The van der Waals surface area contributed by atoms with Crippen LogP contribution < -0.4 is 5.43 Å². The third-order valence-electron chi connectivity index (χ3n) is 4.73. The molecule has 32 heavy (non-hydrogen) atoms. The van der Waals surface area contributed by atoms with Crippen LogP contribution in [0, 0.1) is 6.92 Å². The van der Waals surface area contributed by atoms with E-state index in [0.717, 1.165) is 11.1 Å². The van der Waals surface area contributed by atoms with Crippen molar-refractivity contribution < 1.29 is 23.4 Å². The van der Waals surface area contributed by atoms with Gasteiger partial charge in [0, 0.05) is 19.2 Å². The summed E-state index contributed by atoms with van der Waals surface area (Å²) >= 11 is 0. The number of amides is 1. The smallest absolute Gasteiger partial charge is 0.271 e. The van der Waals surface area contributed by atoms with Crippen LogP contribution in [0.25, 0.3) is 0 Å². The van der Waals surface area contributed by atoms with Gasteiger partial charge in [0.2, 0.25) is 10.0 Å². The molecule has 0 radical (unpaired) electrons. The second kappa shape index (κ2) is 9.63. The number of aryl methyl sites for hydroxylation is 1. The van der Waals surface area contributed by atoms with Crippen molar-refractivity contribution in [3.8, 4) is 11.5 Å². The number of hydrogen-bond acceptors (Lipinski definition) is 6. The topological polar surface area (TPSA) is 119 Å². The first-order valence-corrected chi connectivity index (χ1v) is 11.1. The summed E-state index contributed by atoms with van der Waals surface area (Å²) in [4.78, 5) is 12.5. The molecule has 0 bridgehead atoms. The van der Waals surface area contributed by atoms with Gasteiger partial charge in [0.05, 0.1) is 11.1 Å². The van der Waals surface area contributed by atoms with Crippen LogP contribution in [-0.2, 0) is 16.6 Å². The van der Waals surface area contributed by atoms with Gasteiger partial charge in [0.1, 0.15) is 0 Å². The van der Waals surface area contributed by atoms with E-state index >= 15 is 0 Å². The molecule has 0 aliphatic carbocycles. The minimum absolute atomic E-state index is 0.153. The molecule has 9 heteroatoms. The van der Waals surface area contributed by atoms with Crippen molar-refractivity contribution in [3.63, 3.8) is 0 Å². The summed E-state index contributed by atoms with van der Waals surface area (Å²) < 4.78 is 26.7. The number of hydrogen-bond donors (Lipinski definition) is 3. The van der Waals surface area contributed by atoms with Gasteiger partial charge in [-0.1, -0.05) is 29.8 Å². The molecule has 0 saturated heterocycles. The van der Waals surface area contributed by atoms with Gasteiger partial charge in [0.15, 0.2) is 11.5 Å². The molecule has 0 fully saturated rings. The first-order chi connectivity index (χ1) is 15.2. The van der Waals surface area contributed by atoms with E-state index < -0.39 is 15.9 Å². The highest BCUT2D eigenvalue weighted by molar-refractivity contribution is 7.89. The molecular weight excluding hydrogens is 430 g/mol. The first kappa shape index (κ1) is 23.0. The second-order valence-corrected chi connectivity index (χ2v) is 9.26. The summed E-state index contributed by atoms with van der Waals surface area (Å²) in [6.07, 6.45) is 1.33. The van der Waals surface area contributed by atoms with Gasteiger partial charge in [0.25, 0.3) is 5.91 Å². The van der Waals surface area contributed by atoms with Crippen molar-refractivity contribution in [2.45, 2.75) is 18.4 Å². The number of nitrogens with zero attached hydrogens (tertiary/aromatic N) is 2. The Hall–Kier alpha value is -3.69. The standard InChI is InChI=1S/C23H23N3O5S/c1-16-3-10-20(11-4-16)32(30,31)26(2)15-17-5-8-19(9-6-17)23(29)25-24-14-18-7-12-21(27)22(28)13-18/h3-14,27-28H,15H2,1-2H3,(H,25,29). The van der Waals surface area contributed by atoms with Gasteiger partial charge in [-0.3, -0.25) is 4.79 Å². The Morgan fingerprint density at radius 1 is 1.00 bits per heavy atom. The van der Waals surface area contributed by atoms with Gasteiger partial charge in [-0.05, 0) is 60.5 Å². The Morgan fingerprint density at radius 2 is 1.66 bits per heavy atom. The monoisotopic (exact) mass is 453 g/mol. The fourth-order valence-electron chi connectivity index (χ4n) is 2.84. The van der Waals surface area contributed by atoms with E-state index in [1.807, 2.05) is 6.92 Å². The van der Waals surface area contributed by atoms with Crippen LogP contribution in [0.3, 0.4) is 0 Å². The number of carbonyl (C=O) groups excluding carboxylic acids is 1. The van der Waals surface area contributed by atoms with E-state index in [2.05, 4.69) is 10.5 Å². The number of sulfonamides is 1. The SMILES string of the molecule is Cc1ccc(S(=O)(=O)N(C)Cc2ccc(C(=O)NN=Cc3ccc(O)c(O)c3)cc2)cc1. The highest BCUT2D eigenvalue weighted by Crippen LogP contribution is 2.24. The predicted molar refractivity (Wildman–Crippen MR) is 121 cm³/mol. The van der Waals surface area contributed by atoms with Crippen molar-refractivity contribution in [1.82, 2.24) is 9.73 Å².